The molecule has 0 atom stereocenters. The van der Waals surface area contributed by atoms with Gasteiger partial charge in [-0.3, -0.25) is 11.1 Å². The van der Waals surface area contributed by atoms with Crippen LogP contribution in [-0.4, -0.2) is 18.2 Å². The van der Waals surface area contributed by atoms with Crippen LogP contribution in [0, 0.1) is 0 Å². The predicted octanol–water partition coefficient (Wildman–Crippen LogP) is 3.43. The normalized spacial score (nSPS) is 8.95. The summed E-state index contributed by atoms with van der Waals surface area (Å²) in [6.07, 6.45) is -5.24. The number of ketones is 1. The van der Waals surface area contributed by atoms with Gasteiger partial charge in [0.15, 0.2) is 0 Å². The molecule has 0 saturated heterocycles. The molecule has 0 aliphatic heterocycles. The van der Waals surface area contributed by atoms with E-state index in [4.69, 9.17) is 0 Å². The van der Waals surface area contributed by atoms with Gasteiger partial charge in [0.25, 0.3) is 0 Å². The van der Waals surface area contributed by atoms with Gasteiger partial charge in [-0.15, -0.1) is 0 Å². The van der Waals surface area contributed by atoms with E-state index in [1.54, 1.807) is 0 Å². The summed E-state index contributed by atoms with van der Waals surface area (Å²) in [6, 6.07) is 20.0. The molecule has 0 saturated carbocycles. The number of rotatable bonds is 2. The fraction of sp³-hybridized carbons (Fsp3) is 0.143. The molecule has 2 rings (SSSR count). The van der Waals surface area contributed by atoms with Crippen molar-refractivity contribution in [1.82, 2.24) is 0 Å². The van der Waals surface area contributed by atoms with Crippen molar-refractivity contribution in [2.45, 2.75) is 12.6 Å². The van der Waals surface area contributed by atoms with Crippen LogP contribution in [0.15, 0.2) is 60.7 Å². The van der Waals surface area contributed by atoms with Gasteiger partial charge in [0.2, 0.25) is 5.78 Å². The average Bonchev–Trinajstić information content (AvgIpc) is 3.07. The van der Waals surface area contributed by atoms with Crippen molar-refractivity contribution in [3.63, 3.8) is 0 Å². The molecule has 2 aromatic carbocycles. The first kappa shape index (κ1) is 20.7. The predicted molar refractivity (Wildman–Crippen MR) is 65.4 cm³/mol. The summed E-state index contributed by atoms with van der Waals surface area (Å²) in [5.74, 6) is -2.06. The Hall–Kier alpha value is -1.65. The van der Waals surface area contributed by atoms with Crippen LogP contribution in [0.1, 0.15) is 6.42 Å². The molecule has 2 nitrogen and oxygen atoms in total. The van der Waals surface area contributed by atoms with Crippen LogP contribution in [0.3, 0.4) is 0 Å². The number of carbonyl (C=O) groups excluding carboxylic acids is 2. The molecular weight excluding hydrogens is 313 g/mol. The average molecular weight is 325 g/mol. The van der Waals surface area contributed by atoms with Crippen molar-refractivity contribution in [2.75, 3.05) is 0 Å². The van der Waals surface area contributed by atoms with Gasteiger partial charge in [-0.25, -0.2) is 24.3 Å². The van der Waals surface area contributed by atoms with E-state index in [1.165, 1.54) is 0 Å². The Balaban J connectivity index is 0. The van der Waals surface area contributed by atoms with Gasteiger partial charge in [0, 0.05) is 0 Å². The van der Waals surface area contributed by atoms with Crippen LogP contribution in [0.5, 0.6) is 0 Å². The zero-order chi connectivity index (χ0) is 14.6. The number of hydrogen-bond donors (Lipinski definition) is 0. The number of carbonyl (C=O) groups is 1. The monoisotopic (exact) mass is 325 g/mol. The topological polar surface area (TPSA) is 34.1 Å². The van der Waals surface area contributed by atoms with E-state index in [0.717, 1.165) is 6.29 Å². The van der Waals surface area contributed by atoms with Gasteiger partial charge in [0.05, 0.1) is 0 Å². The van der Waals surface area contributed by atoms with Crippen molar-refractivity contribution >= 4 is 12.1 Å². The van der Waals surface area contributed by atoms with Crippen LogP contribution >= 0.6 is 0 Å². The van der Waals surface area contributed by atoms with Crippen molar-refractivity contribution in [1.29, 1.82) is 0 Å². The zero-order valence-corrected chi connectivity index (χ0v) is 11.4. The zero-order valence-electron chi connectivity index (χ0n) is 10.3. The quantitative estimate of drug-likeness (QED) is 0.482. The third kappa shape index (κ3) is 12.8. The summed E-state index contributed by atoms with van der Waals surface area (Å²) in [5, 5.41) is 0. The fourth-order valence-electron chi connectivity index (χ4n) is 0.807. The summed E-state index contributed by atoms with van der Waals surface area (Å²) in [4.78, 5) is 18.9. The Kier molecular flexibility index (Phi) is 12.8. The molecule has 0 aliphatic rings. The molecule has 2 aromatic rings. The van der Waals surface area contributed by atoms with Crippen molar-refractivity contribution in [2.24, 2.45) is 0 Å². The van der Waals surface area contributed by atoms with Crippen LogP contribution < -0.4 is 0 Å². The first-order valence-electron chi connectivity index (χ1n) is 5.27. The Bertz CT molecular complexity index is 359. The van der Waals surface area contributed by atoms with E-state index < -0.39 is 18.4 Å². The molecule has 109 valence electrons. The molecule has 0 unspecified atom stereocenters. The van der Waals surface area contributed by atoms with Crippen LogP contribution in [-0.2, 0) is 26.7 Å². The SMILES string of the molecule is O=[C-]CC(=O)C(F)(F)F.[Fe+3].c1cc[cH-]c1.c1cc[cH-]c1. The maximum Gasteiger partial charge on any atom is 3.00 e. The Labute approximate surface area is 125 Å². The van der Waals surface area contributed by atoms with Crippen LogP contribution in [0.25, 0.3) is 0 Å². The van der Waals surface area contributed by atoms with Gasteiger partial charge in [-0.05, 0) is 0 Å². The van der Waals surface area contributed by atoms with Crippen molar-refractivity contribution < 1.29 is 39.8 Å². The maximum absolute atomic E-state index is 11.1. The standard InChI is InChI=1S/2C5H5.C4H2F3O2.Fe/c2*1-2-4-5-3-1;5-4(6,7)3(9)1-2-8;/h2*1-5H;1H2;/q3*-1;+3. The minimum atomic E-state index is -4.89. The molecule has 0 aromatic heterocycles. The Morgan fingerprint density at radius 1 is 0.950 bits per heavy atom. The molecular formula is C14H12F3FeO2. The number of Topliss-reactive ketones (excluding diaryl/α,β-unsaturated/α-hetero) is 1. The largest absolute Gasteiger partial charge is 3.00 e. The van der Waals surface area contributed by atoms with Gasteiger partial charge in [-0.1, -0.05) is 6.42 Å². The number of halogens is 3. The summed E-state index contributed by atoms with van der Waals surface area (Å²) < 4.78 is 33.3. The molecule has 0 aliphatic carbocycles. The van der Waals surface area contributed by atoms with Gasteiger partial charge < -0.3 is 4.79 Å². The fourth-order valence-corrected chi connectivity index (χ4v) is 0.807. The minimum Gasteiger partial charge on any atom is -0.541 e. The smallest absolute Gasteiger partial charge is 0.541 e. The third-order valence-corrected chi connectivity index (χ3v) is 1.66. The van der Waals surface area contributed by atoms with Gasteiger partial charge in [0.1, 0.15) is 0 Å². The molecule has 0 heterocycles. The van der Waals surface area contributed by atoms with Crippen molar-refractivity contribution in [3.8, 4) is 0 Å². The second kappa shape index (κ2) is 12.4. The summed E-state index contributed by atoms with van der Waals surface area (Å²) in [5.41, 5.74) is 0. The molecule has 0 bridgehead atoms. The van der Waals surface area contributed by atoms with E-state index in [1.807, 2.05) is 60.7 Å². The molecule has 6 heteroatoms. The molecule has 0 fully saturated rings. The first-order valence-corrected chi connectivity index (χ1v) is 5.27. The number of hydrogen-bond acceptors (Lipinski definition) is 2. The van der Waals surface area contributed by atoms with E-state index in [0.29, 0.717) is 0 Å². The molecule has 0 amide bonds. The molecule has 20 heavy (non-hydrogen) atoms. The summed E-state index contributed by atoms with van der Waals surface area (Å²) >= 11 is 0. The minimum absolute atomic E-state index is 0. The third-order valence-electron chi connectivity index (χ3n) is 1.66. The molecule has 0 N–H and O–H groups in total. The second-order valence-electron chi connectivity index (χ2n) is 3.17. The maximum atomic E-state index is 11.1. The summed E-state index contributed by atoms with van der Waals surface area (Å²) in [6.45, 7) is 0. The number of alkyl halides is 3. The van der Waals surface area contributed by atoms with Gasteiger partial charge in [-0.2, -0.15) is 49.6 Å². The van der Waals surface area contributed by atoms with Gasteiger partial charge >= 0.3 is 23.2 Å². The van der Waals surface area contributed by atoms with E-state index in [2.05, 4.69) is 0 Å². The second-order valence-corrected chi connectivity index (χ2v) is 3.17. The van der Waals surface area contributed by atoms with E-state index in [-0.39, 0.29) is 17.1 Å². The Morgan fingerprint density at radius 3 is 1.40 bits per heavy atom. The summed E-state index contributed by atoms with van der Waals surface area (Å²) in [7, 11) is 0. The molecule has 0 spiro atoms. The first-order chi connectivity index (χ1) is 8.98. The van der Waals surface area contributed by atoms with Crippen LogP contribution in [0.2, 0.25) is 0 Å². The molecule has 1 radical (unpaired) electrons. The Morgan fingerprint density at radius 2 is 1.30 bits per heavy atom. The van der Waals surface area contributed by atoms with E-state index in [9.17, 15) is 22.8 Å². The van der Waals surface area contributed by atoms with Crippen LogP contribution in [0.4, 0.5) is 13.2 Å². The van der Waals surface area contributed by atoms with E-state index >= 15 is 0 Å². The van der Waals surface area contributed by atoms with Crippen molar-refractivity contribution in [3.05, 3.63) is 60.7 Å².